The van der Waals surface area contributed by atoms with E-state index in [1.54, 1.807) is 0 Å². The van der Waals surface area contributed by atoms with Crippen molar-refractivity contribution < 1.29 is 19.2 Å². The van der Waals surface area contributed by atoms with E-state index in [1.807, 2.05) is 30.3 Å². The van der Waals surface area contributed by atoms with Gasteiger partial charge in [-0.3, -0.25) is 19.7 Å². The normalized spacial score (nSPS) is 15.8. The number of nitriles is 1. The summed E-state index contributed by atoms with van der Waals surface area (Å²) < 4.78 is 5.22. The fourth-order valence-corrected chi connectivity index (χ4v) is 3.83. The third kappa shape index (κ3) is 5.24. The Bertz CT molecular complexity index is 1030. The van der Waals surface area contributed by atoms with E-state index < -0.39 is 16.8 Å². The van der Waals surface area contributed by atoms with Crippen molar-refractivity contribution in [2.75, 3.05) is 5.75 Å². The number of allylic oxidation sites excluding steroid dienone is 1. The second-order valence-electron chi connectivity index (χ2n) is 6.44. The molecule has 0 spiro atoms. The molecule has 0 aliphatic carbocycles. The molecule has 30 heavy (non-hydrogen) atoms. The van der Waals surface area contributed by atoms with Crippen LogP contribution in [0.3, 0.4) is 0 Å². The van der Waals surface area contributed by atoms with E-state index in [0.29, 0.717) is 16.2 Å². The van der Waals surface area contributed by atoms with Gasteiger partial charge in [-0.2, -0.15) is 5.26 Å². The molecule has 152 valence electrons. The number of esters is 1. The lowest BCUT2D eigenvalue weighted by Gasteiger charge is -2.24. The van der Waals surface area contributed by atoms with Crippen LogP contribution in [0.4, 0.5) is 5.69 Å². The number of carbonyl (C=O) groups is 2. The Morgan fingerprint density at radius 3 is 2.57 bits per heavy atom. The maximum atomic E-state index is 12.2. The van der Waals surface area contributed by atoms with Crippen molar-refractivity contribution in [3.8, 4) is 6.07 Å². The molecular formula is C21H17N3O5S. The first-order chi connectivity index (χ1) is 14.5. The molecule has 1 aliphatic rings. The maximum Gasteiger partial charge on any atom is 0.316 e. The van der Waals surface area contributed by atoms with Gasteiger partial charge in [0.25, 0.3) is 5.69 Å². The highest BCUT2D eigenvalue weighted by Crippen LogP contribution is 2.36. The van der Waals surface area contributed by atoms with Gasteiger partial charge in [-0.1, -0.05) is 54.2 Å². The molecule has 2 aromatic rings. The van der Waals surface area contributed by atoms with Gasteiger partial charge in [0.15, 0.2) is 0 Å². The predicted molar refractivity (Wildman–Crippen MR) is 110 cm³/mol. The van der Waals surface area contributed by atoms with Gasteiger partial charge in [0, 0.05) is 24.5 Å². The Hall–Kier alpha value is -3.64. The molecule has 0 saturated carbocycles. The van der Waals surface area contributed by atoms with Crippen molar-refractivity contribution in [1.29, 1.82) is 5.26 Å². The molecule has 1 aliphatic heterocycles. The molecule has 0 radical (unpaired) electrons. The third-order valence-corrected chi connectivity index (χ3v) is 5.43. The lowest BCUT2D eigenvalue weighted by atomic mass is 9.87. The molecule has 8 nitrogen and oxygen atoms in total. The zero-order valence-corrected chi connectivity index (χ0v) is 16.6. The van der Waals surface area contributed by atoms with Crippen molar-refractivity contribution >= 4 is 29.3 Å². The number of ether oxygens (including phenoxy) is 1. The van der Waals surface area contributed by atoms with E-state index in [0.717, 1.165) is 17.3 Å². The Morgan fingerprint density at radius 2 is 1.93 bits per heavy atom. The number of amides is 1. The summed E-state index contributed by atoms with van der Waals surface area (Å²) >= 11 is 1.03. The monoisotopic (exact) mass is 423 g/mol. The summed E-state index contributed by atoms with van der Waals surface area (Å²) in [5.41, 5.74) is 1.72. The van der Waals surface area contributed by atoms with Crippen LogP contribution in [0.2, 0.25) is 0 Å². The van der Waals surface area contributed by atoms with Gasteiger partial charge in [0.05, 0.1) is 27.3 Å². The highest BCUT2D eigenvalue weighted by molar-refractivity contribution is 8.03. The van der Waals surface area contributed by atoms with Crippen LogP contribution in [0, 0.1) is 21.4 Å². The van der Waals surface area contributed by atoms with Crippen LogP contribution < -0.4 is 5.32 Å². The average Bonchev–Trinajstić information content (AvgIpc) is 2.76. The van der Waals surface area contributed by atoms with Crippen molar-refractivity contribution in [3.05, 3.63) is 86.4 Å². The number of nitro groups is 1. The quantitative estimate of drug-likeness (QED) is 0.411. The second kappa shape index (κ2) is 9.71. The van der Waals surface area contributed by atoms with Crippen LogP contribution in [0.25, 0.3) is 0 Å². The molecule has 0 unspecified atom stereocenters. The number of hydrogen-bond acceptors (Lipinski definition) is 7. The molecule has 3 rings (SSSR count). The van der Waals surface area contributed by atoms with Gasteiger partial charge >= 0.3 is 5.97 Å². The van der Waals surface area contributed by atoms with E-state index in [1.165, 1.54) is 24.3 Å². The first kappa shape index (κ1) is 21.1. The second-order valence-corrected chi connectivity index (χ2v) is 7.43. The largest absolute Gasteiger partial charge is 0.460 e. The number of hydrogen-bond donors (Lipinski definition) is 1. The minimum absolute atomic E-state index is 0.0449. The Labute approximate surface area is 176 Å². The molecular weight excluding hydrogens is 406 g/mol. The topological polar surface area (TPSA) is 122 Å². The van der Waals surface area contributed by atoms with Crippen LogP contribution in [0.15, 0.2) is 65.2 Å². The smallest absolute Gasteiger partial charge is 0.316 e. The van der Waals surface area contributed by atoms with Crippen LogP contribution in [-0.2, 0) is 20.9 Å². The molecule has 1 N–H and O–H groups in total. The number of rotatable bonds is 7. The fraction of sp³-hybridized carbons (Fsp3) is 0.190. The van der Waals surface area contributed by atoms with Crippen LogP contribution >= 0.6 is 11.8 Å². The fourth-order valence-electron chi connectivity index (χ4n) is 2.96. The van der Waals surface area contributed by atoms with Crippen molar-refractivity contribution in [3.63, 3.8) is 0 Å². The van der Waals surface area contributed by atoms with E-state index in [2.05, 4.69) is 11.4 Å². The Morgan fingerprint density at radius 1 is 1.23 bits per heavy atom. The summed E-state index contributed by atoms with van der Waals surface area (Å²) in [6, 6.07) is 17.1. The zero-order valence-electron chi connectivity index (χ0n) is 15.7. The van der Waals surface area contributed by atoms with Gasteiger partial charge in [-0.15, -0.1) is 0 Å². The molecule has 9 heteroatoms. The van der Waals surface area contributed by atoms with E-state index in [9.17, 15) is 25.0 Å². The number of non-ortho nitro benzene ring substituents is 1. The first-order valence-corrected chi connectivity index (χ1v) is 9.97. The van der Waals surface area contributed by atoms with E-state index in [4.69, 9.17) is 4.74 Å². The summed E-state index contributed by atoms with van der Waals surface area (Å²) in [6.45, 7) is 0.141. The summed E-state index contributed by atoms with van der Waals surface area (Å²) in [7, 11) is 0. The molecule has 0 fully saturated rings. The molecule has 2 aromatic carbocycles. The zero-order chi connectivity index (χ0) is 21.5. The van der Waals surface area contributed by atoms with Crippen molar-refractivity contribution in [2.45, 2.75) is 18.9 Å². The highest BCUT2D eigenvalue weighted by atomic mass is 32.2. The molecule has 0 saturated heterocycles. The summed E-state index contributed by atoms with van der Waals surface area (Å²) in [4.78, 5) is 34.5. The van der Waals surface area contributed by atoms with Crippen LogP contribution in [0.5, 0.6) is 0 Å². The van der Waals surface area contributed by atoms with Gasteiger partial charge in [-0.25, -0.2) is 0 Å². The average molecular weight is 423 g/mol. The third-order valence-electron chi connectivity index (χ3n) is 4.44. The van der Waals surface area contributed by atoms with E-state index >= 15 is 0 Å². The van der Waals surface area contributed by atoms with Gasteiger partial charge < -0.3 is 10.1 Å². The molecule has 1 atom stereocenters. The summed E-state index contributed by atoms with van der Waals surface area (Å²) in [5.74, 6) is -1.37. The summed E-state index contributed by atoms with van der Waals surface area (Å²) in [6.07, 6.45) is 0.0449. The van der Waals surface area contributed by atoms with Gasteiger partial charge in [0.1, 0.15) is 6.61 Å². The highest BCUT2D eigenvalue weighted by Gasteiger charge is 2.30. The van der Waals surface area contributed by atoms with Crippen LogP contribution in [0.1, 0.15) is 23.5 Å². The van der Waals surface area contributed by atoms with Crippen molar-refractivity contribution in [2.24, 2.45) is 0 Å². The standard InChI is InChI=1S/C21H17N3O5S/c22-11-18-17(15-6-8-16(9-7-15)24(27)28)10-19(25)23-21(18)30-13-20(26)29-12-14-4-2-1-3-5-14/h1-9,17H,10,12-13H2,(H,23,25)/t17-/m0/s1. The van der Waals surface area contributed by atoms with Crippen molar-refractivity contribution in [1.82, 2.24) is 5.32 Å². The summed E-state index contributed by atoms with van der Waals surface area (Å²) in [5, 5.41) is 23.4. The van der Waals surface area contributed by atoms with E-state index in [-0.39, 0.29) is 30.4 Å². The number of thioether (sulfide) groups is 1. The van der Waals surface area contributed by atoms with Gasteiger partial charge in [-0.05, 0) is 11.1 Å². The number of carbonyl (C=O) groups excluding carboxylic acids is 2. The number of nitrogens with zero attached hydrogens (tertiary/aromatic N) is 2. The molecule has 0 aromatic heterocycles. The lowest BCUT2D eigenvalue weighted by Crippen LogP contribution is -2.31. The SMILES string of the molecule is N#CC1=C(SCC(=O)OCc2ccccc2)NC(=O)C[C@H]1c1ccc([N+](=O)[O-])cc1. The molecule has 1 amide bonds. The Balaban J connectivity index is 1.70. The first-order valence-electron chi connectivity index (χ1n) is 8.98. The number of benzene rings is 2. The minimum atomic E-state index is -0.535. The lowest BCUT2D eigenvalue weighted by molar-refractivity contribution is -0.384. The predicted octanol–water partition coefficient (Wildman–Crippen LogP) is 3.41. The molecule has 1 heterocycles. The number of nitrogens with one attached hydrogen (secondary N) is 1. The number of nitro benzene ring substituents is 1. The molecule has 0 bridgehead atoms. The van der Waals surface area contributed by atoms with Crippen LogP contribution in [-0.4, -0.2) is 22.6 Å². The minimum Gasteiger partial charge on any atom is -0.460 e. The van der Waals surface area contributed by atoms with Gasteiger partial charge in [0.2, 0.25) is 5.91 Å². The maximum absolute atomic E-state index is 12.2. The Kier molecular flexibility index (Phi) is 6.83.